The number of hydrogen-bond donors (Lipinski definition) is 4. The van der Waals surface area contributed by atoms with Crippen molar-refractivity contribution in [1.29, 1.82) is 0 Å². The topological polar surface area (TPSA) is 162 Å². The molecule has 5 amide bonds. The van der Waals surface area contributed by atoms with Gasteiger partial charge in [-0.2, -0.15) is 5.21 Å². The summed E-state index contributed by atoms with van der Waals surface area (Å²) in [7, 11) is 0. The van der Waals surface area contributed by atoms with Gasteiger partial charge in [0.25, 0.3) is 23.7 Å². The minimum Gasteiger partial charge on any atom is -0.307 e. The van der Waals surface area contributed by atoms with Crippen LogP contribution in [0.3, 0.4) is 0 Å². The molecule has 0 unspecified atom stereocenters. The van der Waals surface area contributed by atoms with Crippen LogP contribution in [0.1, 0.15) is 93.2 Å². The number of tetrazole rings is 1. The SMILES string of the molecule is CCCCc1c(NC(=O)N(Cc2ccc(C(=O)Nc3nn[nH]n3)cc2)c2ccc(C3=CCCCC3)cc2)ccc2c1C(=O)NC2=O. The Balaban J connectivity index is 1.29. The van der Waals surface area contributed by atoms with Gasteiger partial charge in [-0.3, -0.25) is 29.9 Å². The van der Waals surface area contributed by atoms with Crippen molar-refractivity contribution in [2.45, 2.75) is 58.4 Å². The van der Waals surface area contributed by atoms with E-state index >= 15 is 0 Å². The maximum absolute atomic E-state index is 14.1. The van der Waals surface area contributed by atoms with Gasteiger partial charge in [0.2, 0.25) is 0 Å². The summed E-state index contributed by atoms with van der Waals surface area (Å²) in [5.41, 5.74) is 6.09. The number of unbranched alkanes of at least 4 members (excludes halogenated alkanes) is 1. The molecule has 0 fully saturated rings. The van der Waals surface area contributed by atoms with Crippen LogP contribution in [-0.2, 0) is 13.0 Å². The van der Waals surface area contributed by atoms with Gasteiger partial charge in [-0.05, 0) is 102 Å². The number of anilines is 3. The molecule has 1 aliphatic heterocycles. The molecule has 6 rings (SSSR count). The van der Waals surface area contributed by atoms with E-state index in [0.717, 1.165) is 43.2 Å². The molecule has 2 heterocycles. The monoisotopic (exact) mass is 618 g/mol. The summed E-state index contributed by atoms with van der Waals surface area (Å²) in [5.74, 6) is -1.21. The number of fused-ring (bicyclic) bond motifs is 1. The lowest BCUT2D eigenvalue weighted by Gasteiger charge is -2.25. The first-order chi connectivity index (χ1) is 22.4. The molecule has 12 nitrogen and oxygen atoms in total. The third-order valence-corrected chi connectivity index (χ3v) is 8.25. The van der Waals surface area contributed by atoms with Gasteiger partial charge < -0.3 is 5.32 Å². The van der Waals surface area contributed by atoms with Crippen LogP contribution in [0.25, 0.3) is 5.57 Å². The Bertz CT molecular complexity index is 1800. The Kier molecular flexibility index (Phi) is 8.95. The number of hydrogen-bond acceptors (Lipinski definition) is 7. The van der Waals surface area contributed by atoms with E-state index in [2.05, 4.69) is 42.7 Å². The predicted octanol–water partition coefficient (Wildman–Crippen LogP) is 5.87. The van der Waals surface area contributed by atoms with Crippen LogP contribution in [0.2, 0.25) is 0 Å². The van der Waals surface area contributed by atoms with Crippen molar-refractivity contribution in [1.82, 2.24) is 25.9 Å². The highest BCUT2D eigenvalue weighted by molar-refractivity contribution is 6.23. The normalized spacial score (nSPS) is 13.9. The lowest BCUT2D eigenvalue weighted by Crippen LogP contribution is -2.35. The van der Waals surface area contributed by atoms with Crippen LogP contribution in [0.5, 0.6) is 0 Å². The Morgan fingerprint density at radius 1 is 0.935 bits per heavy atom. The smallest absolute Gasteiger partial charge is 0.307 e. The van der Waals surface area contributed by atoms with Crippen molar-refractivity contribution >= 4 is 46.6 Å². The molecule has 0 atom stereocenters. The number of carbonyl (C=O) groups excluding carboxylic acids is 4. The average molecular weight is 619 g/mol. The van der Waals surface area contributed by atoms with Gasteiger partial charge in [-0.1, -0.05) is 48.8 Å². The van der Waals surface area contributed by atoms with E-state index < -0.39 is 23.8 Å². The van der Waals surface area contributed by atoms with Crippen LogP contribution in [0, 0.1) is 0 Å². The Morgan fingerprint density at radius 2 is 1.74 bits per heavy atom. The Labute approximate surface area is 265 Å². The summed E-state index contributed by atoms with van der Waals surface area (Å²) in [5, 5.41) is 21.2. The number of benzene rings is 3. The van der Waals surface area contributed by atoms with Crippen molar-refractivity contribution in [2.24, 2.45) is 0 Å². The molecule has 0 bridgehead atoms. The molecule has 234 valence electrons. The predicted molar refractivity (Wildman–Crippen MR) is 174 cm³/mol. The number of rotatable bonds is 10. The second-order valence-electron chi connectivity index (χ2n) is 11.3. The van der Waals surface area contributed by atoms with Gasteiger partial charge in [0.05, 0.1) is 17.7 Å². The van der Waals surface area contributed by atoms with Gasteiger partial charge >= 0.3 is 6.03 Å². The molecule has 4 N–H and O–H groups in total. The molecule has 0 radical (unpaired) electrons. The van der Waals surface area contributed by atoms with E-state index in [1.807, 2.05) is 31.2 Å². The summed E-state index contributed by atoms with van der Waals surface area (Å²) in [6.07, 6.45) is 8.95. The van der Waals surface area contributed by atoms with Gasteiger partial charge in [-0.15, -0.1) is 5.10 Å². The number of nitrogens with zero attached hydrogens (tertiary/aromatic N) is 4. The zero-order chi connectivity index (χ0) is 32.0. The maximum atomic E-state index is 14.1. The van der Waals surface area contributed by atoms with Crippen molar-refractivity contribution in [3.63, 3.8) is 0 Å². The number of urea groups is 1. The van der Waals surface area contributed by atoms with E-state index in [-0.39, 0.29) is 12.5 Å². The molecule has 0 saturated heterocycles. The fourth-order valence-corrected chi connectivity index (χ4v) is 5.81. The number of H-pyrrole nitrogens is 1. The standard InChI is InChI=1S/C34H34N8O4/c1-2-3-9-26-28(19-18-27-29(26)32(45)36-31(27)44)35-34(46)42(25-16-14-23(15-17-25)22-7-5-4-6-8-22)20-21-10-12-24(13-11-21)30(43)37-33-38-40-41-39-33/h7,10-19H,2-6,8-9,20H2,1H3,(H,35,46)(H,36,44,45)(H2,37,38,39,40,41,43). The number of nitrogens with one attached hydrogen (secondary N) is 4. The van der Waals surface area contributed by atoms with Gasteiger partial charge in [0.1, 0.15) is 0 Å². The molecule has 4 aromatic rings. The quantitative estimate of drug-likeness (QED) is 0.161. The van der Waals surface area contributed by atoms with Gasteiger partial charge in [-0.25, -0.2) is 4.79 Å². The lowest BCUT2D eigenvalue weighted by atomic mass is 9.93. The number of aromatic amines is 1. The van der Waals surface area contributed by atoms with E-state index in [1.54, 1.807) is 41.3 Å². The highest BCUT2D eigenvalue weighted by Crippen LogP contribution is 2.31. The number of amides is 5. The minimum atomic E-state index is -0.449. The number of imide groups is 1. The molecular weight excluding hydrogens is 584 g/mol. The zero-order valence-corrected chi connectivity index (χ0v) is 25.4. The first-order valence-electron chi connectivity index (χ1n) is 15.4. The average Bonchev–Trinajstić information content (AvgIpc) is 3.70. The first kappa shape index (κ1) is 30.4. The molecule has 12 heteroatoms. The van der Waals surface area contributed by atoms with Crippen LogP contribution >= 0.6 is 0 Å². The highest BCUT2D eigenvalue weighted by Gasteiger charge is 2.31. The van der Waals surface area contributed by atoms with E-state index in [9.17, 15) is 19.2 Å². The zero-order valence-electron chi connectivity index (χ0n) is 25.4. The summed E-state index contributed by atoms with van der Waals surface area (Å²) >= 11 is 0. The first-order valence-corrected chi connectivity index (χ1v) is 15.4. The third kappa shape index (κ3) is 6.55. The van der Waals surface area contributed by atoms with E-state index in [1.165, 1.54) is 12.0 Å². The van der Waals surface area contributed by atoms with Crippen molar-refractivity contribution in [3.05, 3.63) is 100 Å². The highest BCUT2D eigenvalue weighted by atomic mass is 16.2. The Morgan fingerprint density at radius 3 is 2.43 bits per heavy atom. The summed E-state index contributed by atoms with van der Waals surface area (Å²) in [6, 6.07) is 17.7. The Hall–Kier alpha value is -5.65. The number of aromatic nitrogens is 4. The molecule has 0 spiro atoms. The molecule has 3 aromatic carbocycles. The van der Waals surface area contributed by atoms with Crippen LogP contribution < -0.4 is 20.9 Å². The van der Waals surface area contributed by atoms with E-state index in [0.29, 0.717) is 40.0 Å². The van der Waals surface area contributed by atoms with Gasteiger partial charge in [0, 0.05) is 16.9 Å². The summed E-state index contributed by atoms with van der Waals surface area (Å²) < 4.78 is 0. The molecule has 1 aromatic heterocycles. The lowest BCUT2D eigenvalue weighted by molar-refractivity contribution is 0.0878. The van der Waals surface area contributed by atoms with E-state index in [4.69, 9.17) is 0 Å². The van der Waals surface area contributed by atoms with Crippen molar-refractivity contribution in [3.8, 4) is 0 Å². The largest absolute Gasteiger partial charge is 0.326 e. The van der Waals surface area contributed by atoms with Gasteiger partial charge in [0.15, 0.2) is 0 Å². The molecule has 2 aliphatic rings. The van der Waals surface area contributed by atoms with Crippen molar-refractivity contribution in [2.75, 3.05) is 15.5 Å². The second-order valence-corrected chi connectivity index (χ2v) is 11.3. The molecular formula is C34H34N8O4. The summed E-state index contributed by atoms with van der Waals surface area (Å²) in [4.78, 5) is 53.4. The van der Waals surface area contributed by atoms with Crippen molar-refractivity contribution < 1.29 is 19.2 Å². The molecule has 1 aliphatic carbocycles. The van der Waals surface area contributed by atoms with Crippen LogP contribution in [0.15, 0.2) is 66.7 Å². The number of carbonyl (C=O) groups is 4. The van der Waals surface area contributed by atoms with Crippen LogP contribution in [0.4, 0.5) is 22.1 Å². The summed E-state index contributed by atoms with van der Waals surface area (Å²) in [6.45, 7) is 2.25. The van der Waals surface area contributed by atoms with Crippen LogP contribution in [-0.4, -0.2) is 44.4 Å². The maximum Gasteiger partial charge on any atom is 0.326 e. The fraction of sp³-hybridized carbons (Fsp3) is 0.265. The fourth-order valence-electron chi connectivity index (χ4n) is 5.81. The second kappa shape index (κ2) is 13.6. The third-order valence-electron chi connectivity index (χ3n) is 8.25. The minimum absolute atomic E-state index is 0.0658. The molecule has 0 saturated carbocycles. The molecule has 46 heavy (non-hydrogen) atoms. The number of allylic oxidation sites excluding steroid dienone is 2.